The summed E-state index contributed by atoms with van der Waals surface area (Å²) in [5.74, 6) is 0. The van der Waals surface area contributed by atoms with Gasteiger partial charge in [-0.1, -0.05) is 69.7 Å². The van der Waals surface area contributed by atoms with E-state index in [1.54, 1.807) is 0 Å². The lowest BCUT2D eigenvalue weighted by Gasteiger charge is -2.49. The van der Waals surface area contributed by atoms with Gasteiger partial charge in [-0.15, -0.1) is 0 Å². The van der Waals surface area contributed by atoms with Crippen molar-refractivity contribution in [3.05, 3.63) is 88.6 Å². The molecule has 1 aromatic heterocycles. The van der Waals surface area contributed by atoms with E-state index in [4.69, 9.17) is 0 Å². The number of pyridine rings is 1. The van der Waals surface area contributed by atoms with Crippen LogP contribution >= 0.6 is 0 Å². The first-order valence-electron chi connectivity index (χ1n) is 11.7. The fourth-order valence-electron chi connectivity index (χ4n) is 5.66. The molecule has 1 heteroatoms. The van der Waals surface area contributed by atoms with Crippen molar-refractivity contribution in [2.45, 2.75) is 59.3 Å². The topological polar surface area (TPSA) is 3.88 Å². The molecular weight excluding hydrogens is 386 g/mol. The van der Waals surface area contributed by atoms with Crippen molar-refractivity contribution in [3.8, 4) is 22.4 Å². The van der Waals surface area contributed by atoms with Gasteiger partial charge in [0.15, 0.2) is 6.20 Å². The van der Waals surface area contributed by atoms with E-state index in [2.05, 4.69) is 121 Å². The third kappa shape index (κ3) is 2.80. The standard InChI is InChI=1S/C31H34N/c1-19-9-11-23-22(15-19)10-12-24-26-18-25(28-16-20(2)13-14-32(28)8)21(3)17-27(26)30(4,5)31(6,7)29(23)24/h9-18H,1-8H3/q+1. The Labute approximate surface area is 192 Å². The van der Waals surface area contributed by atoms with Crippen molar-refractivity contribution >= 4 is 10.8 Å². The van der Waals surface area contributed by atoms with E-state index >= 15 is 0 Å². The zero-order valence-electron chi connectivity index (χ0n) is 20.7. The number of fused-ring (bicyclic) bond motifs is 5. The molecule has 0 aliphatic heterocycles. The number of benzene rings is 3. The van der Waals surface area contributed by atoms with Gasteiger partial charge in [0.25, 0.3) is 0 Å². The van der Waals surface area contributed by atoms with Crippen LogP contribution in [0, 0.1) is 20.8 Å². The summed E-state index contributed by atoms with van der Waals surface area (Å²) < 4.78 is 2.24. The van der Waals surface area contributed by atoms with E-state index in [0.29, 0.717) is 0 Å². The highest BCUT2D eigenvalue weighted by Crippen LogP contribution is 2.56. The van der Waals surface area contributed by atoms with Gasteiger partial charge < -0.3 is 0 Å². The molecule has 0 unspecified atom stereocenters. The fourth-order valence-corrected chi connectivity index (χ4v) is 5.66. The number of hydrogen-bond donors (Lipinski definition) is 0. The quantitative estimate of drug-likeness (QED) is 0.281. The molecule has 1 heterocycles. The predicted molar refractivity (Wildman–Crippen MR) is 136 cm³/mol. The maximum absolute atomic E-state index is 2.46. The maximum atomic E-state index is 2.46. The minimum Gasteiger partial charge on any atom is -0.201 e. The molecule has 0 spiro atoms. The third-order valence-corrected chi connectivity index (χ3v) is 8.27. The molecule has 32 heavy (non-hydrogen) atoms. The van der Waals surface area contributed by atoms with Gasteiger partial charge in [0.1, 0.15) is 7.05 Å². The van der Waals surface area contributed by atoms with E-state index in [1.165, 1.54) is 61.0 Å². The van der Waals surface area contributed by atoms with Crippen molar-refractivity contribution in [1.29, 1.82) is 0 Å². The van der Waals surface area contributed by atoms with Gasteiger partial charge >= 0.3 is 0 Å². The largest absolute Gasteiger partial charge is 0.212 e. The van der Waals surface area contributed by atoms with Crippen LogP contribution in [0.5, 0.6) is 0 Å². The van der Waals surface area contributed by atoms with Gasteiger partial charge in [-0.05, 0) is 76.4 Å². The average molecular weight is 421 g/mol. The zero-order valence-corrected chi connectivity index (χ0v) is 20.7. The second-order valence-electron chi connectivity index (χ2n) is 10.9. The summed E-state index contributed by atoms with van der Waals surface area (Å²) in [6.45, 7) is 16.3. The molecule has 0 saturated heterocycles. The maximum Gasteiger partial charge on any atom is 0.212 e. The van der Waals surface area contributed by atoms with Crippen molar-refractivity contribution in [3.63, 3.8) is 0 Å². The van der Waals surface area contributed by atoms with Crippen LogP contribution in [0.25, 0.3) is 33.2 Å². The van der Waals surface area contributed by atoms with Gasteiger partial charge in [0.2, 0.25) is 5.69 Å². The molecular formula is C31H34N+. The van der Waals surface area contributed by atoms with Gasteiger partial charge in [0.05, 0.1) is 0 Å². The van der Waals surface area contributed by atoms with E-state index < -0.39 is 0 Å². The van der Waals surface area contributed by atoms with Gasteiger partial charge in [-0.3, -0.25) is 0 Å². The highest BCUT2D eigenvalue weighted by molar-refractivity contribution is 5.96. The summed E-state index contributed by atoms with van der Waals surface area (Å²) in [5.41, 5.74) is 12.3. The highest BCUT2D eigenvalue weighted by atomic mass is 14.9. The number of nitrogens with zero attached hydrogens (tertiary/aromatic N) is 1. The molecule has 0 fully saturated rings. The molecule has 1 aliphatic carbocycles. The van der Waals surface area contributed by atoms with E-state index in [0.717, 1.165) is 0 Å². The molecule has 162 valence electrons. The van der Waals surface area contributed by atoms with Gasteiger partial charge in [-0.2, -0.15) is 0 Å². The van der Waals surface area contributed by atoms with Gasteiger partial charge in [-0.25, -0.2) is 4.57 Å². The minimum atomic E-state index is 0.00601. The second kappa shape index (κ2) is 6.78. The lowest BCUT2D eigenvalue weighted by atomic mass is 9.54. The van der Waals surface area contributed by atoms with Crippen molar-refractivity contribution < 1.29 is 4.57 Å². The molecule has 1 aliphatic rings. The fraction of sp³-hybridized carbons (Fsp3) is 0.323. The Kier molecular flexibility index (Phi) is 4.44. The summed E-state index contributed by atoms with van der Waals surface area (Å²) in [4.78, 5) is 0. The van der Waals surface area contributed by atoms with E-state index in [9.17, 15) is 0 Å². The first-order valence-corrected chi connectivity index (χ1v) is 11.7. The molecule has 0 radical (unpaired) electrons. The summed E-state index contributed by atoms with van der Waals surface area (Å²) in [5, 5.41) is 2.73. The number of rotatable bonds is 1. The van der Waals surface area contributed by atoms with Crippen LogP contribution in [-0.2, 0) is 17.9 Å². The van der Waals surface area contributed by atoms with Crippen LogP contribution in [-0.4, -0.2) is 0 Å². The monoisotopic (exact) mass is 420 g/mol. The Bertz CT molecular complexity index is 1400. The molecule has 0 atom stereocenters. The summed E-state index contributed by atoms with van der Waals surface area (Å²) in [6.07, 6.45) is 2.17. The molecule has 0 N–H and O–H groups in total. The number of hydrogen-bond acceptors (Lipinski definition) is 0. The van der Waals surface area contributed by atoms with Crippen molar-refractivity contribution in [2.24, 2.45) is 7.05 Å². The van der Waals surface area contributed by atoms with Crippen LogP contribution in [0.2, 0.25) is 0 Å². The highest BCUT2D eigenvalue weighted by Gasteiger charge is 2.47. The van der Waals surface area contributed by atoms with E-state index in [-0.39, 0.29) is 10.8 Å². The number of aryl methyl sites for hydroxylation is 4. The van der Waals surface area contributed by atoms with Gasteiger partial charge in [0, 0.05) is 23.1 Å². The Morgan fingerprint density at radius 2 is 1.38 bits per heavy atom. The first-order chi connectivity index (χ1) is 15.0. The van der Waals surface area contributed by atoms with Crippen molar-refractivity contribution in [2.75, 3.05) is 0 Å². The lowest BCUT2D eigenvalue weighted by Crippen LogP contribution is -2.43. The molecule has 3 aromatic carbocycles. The molecule has 5 rings (SSSR count). The van der Waals surface area contributed by atoms with Crippen LogP contribution in [0.15, 0.2) is 60.8 Å². The number of aromatic nitrogens is 1. The molecule has 0 saturated carbocycles. The molecule has 4 aromatic rings. The Morgan fingerprint density at radius 1 is 0.656 bits per heavy atom. The normalized spacial score (nSPS) is 16.0. The smallest absolute Gasteiger partial charge is 0.201 e. The Hall–Kier alpha value is -2.93. The predicted octanol–water partition coefficient (Wildman–Crippen LogP) is 7.49. The Morgan fingerprint density at radius 3 is 2.12 bits per heavy atom. The summed E-state index contributed by atoms with van der Waals surface area (Å²) >= 11 is 0. The molecule has 0 bridgehead atoms. The van der Waals surface area contributed by atoms with E-state index in [1.807, 2.05) is 0 Å². The van der Waals surface area contributed by atoms with Crippen LogP contribution in [0.1, 0.15) is 55.5 Å². The van der Waals surface area contributed by atoms with Crippen LogP contribution < -0.4 is 4.57 Å². The molecule has 0 amide bonds. The van der Waals surface area contributed by atoms with Crippen molar-refractivity contribution in [1.82, 2.24) is 0 Å². The summed E-state index contributed by atoms with van der Waals surface area (Å²) in [6, 6.07) is 21.0. The second-order valence-corrected chi connectivity index (χ2v) is 10.9. The minimum absolute atomic E-state index is 0.00601. The zero-order chi connectivity index (χ0) is 23.0. The summed E-state index contributed by atoms with van der Waals surface area (Å²) in [7, 11) is 2.14. The average Bonchev–Trinajstić information content (AvgIpc) is 2.73. The first kappa shape index (κ1) is 20.9. The van der Waals surface area contributed by atoms with Crippen LogP contribution in [0.3, 0.4) is 0 Å². The lowest BCUT2D eigenvalue weighted by molar-refractivity contribution is -0.660. The Balaban J connectivity index is 1.89. The third-order valence-electron chi connectivity index (χ3n) is 8.27. The molecule has 1 nitrogen and oxygen atoms in total. The SMILES string of the molecule is Cc1cc[n+](C)c(-c2cc3c(cc2C)C(C)(C)C(C)(C)c2c-3ccc3cc(C)ccc23)c1. The van der Waals surface area contributed by atoms with Crippen LogP contribution in [0.4, 0.5) is 0 Å².